The molecule has 1 aromatic heterocycles. The molecule has 3 rings (SSSR count). The maximum Gasteiger partial charge on any atom is 0.435 e. The zero-order valence-electron chi connectivity index (χ0n) is 13.5. The van der Waals surface area contributed by atoms with Crippen LogP contribution in [0.2, 0.25) is 5.02 Å². The molecule has 0 spiro atoms. The molecule has 1 amide bonds. The van der Waals surface area contributed by atoms with Gasteiger partial charge in [-0.25, -0.2) is 0 Å². The first kappa shape index (κ1) is 17.8. The normalized spacial score (nSPS) is 14.6. The Morgan fingerprint density at radius 2 is 2.08 bits per heavy atom. The lowest BCUT2D eigenvalue weighted by Gasteiger charge is -2.10. The zero-order valence-corrected chi connectivity index (χ0v) is 14.3. The number of hydrogen-bond donors (Lipinski definition) is 1. The van der Waals surface area contributed by atoms with E-state index in [0.29, 0.717) is 16.4 Å². The van der Waals surface area contributed by atoms with E-state index in [2.05, 4.69) is 10.4 Å². The van der Waals surface area contributed by atoms with Crippen LogP contribution in [0.1, 0.15) is 42.1 Å². The highest BCUT2D eigenvalue weighted by atomic mass is 35.5. The van der Waals surface area contributed by atoms with Crippen LogP contribution in [-0.4, -0.2) is 15.7 Å². The number of nitrogens with one attached hydrogen (secondary N) is 1. The average molecular weight is 372 g/mol. The van der Waals surface area contributed by atoms with Crippen LogP contribution in [-0.2, 0) is 17.5 Å². The molecule has 1 aromatic carbocycles. The van der Waals surface area contributed by atoms with E-state index in [-0.39, 0.29) is 24.8 Å². The third kappa shape index (κ3) is 4.34. The molecule has 1 aliphatic carbocycles. The number of alkyl halides is 3. The van der Waals surface area contributed by atoms with Gasteiger partial charge in [-0.3, -0.25) is 9.48 Å². The lowest BCUT2D eigenvalue weighted by Crippen LogP contribution is -2.17. The van der Waals surface area contributed by atoms with Crippen molar-refractivity contribution in [3.8, 4) is 0 Å². The molecule has 134 valence electrons. The lowest BCUT2D eigenvalue weighted by atomic mass is 10.2. The van der Waals surface area contributed by atoms with Gasteiger partial charge < -0.3 is 5.32 Å². The summed E-state index contributed by atoms with van der Waals surface area (Å²) in [5, 5.41) is 6.88. The fourth-order valence-electron chi connectivity index (χ4n) is 2.61. The maximum absolute atomic E-state index is 12.9. The average Bonchev–Trinajstić information content (AvgIpc) is 3.27. The van der Waals surface area contributed by atoms with E-state index in [9.17, 15) is 18.0 Å². The van der Waals surface area contributed by atoms with Gasteiger partial charge in [0.25, 0.3) is 0 Å². The highest BCUT2D eigenvalue weighted by Crippen LogP contribution is 2.42. The van der Waals surface area contributed by atoms with Crippen molar-refractivity contribution in [3.05, 3.63) is 46.2 Å². The second-order valence-electron chi connectivity index (χ2n) is 6.21. The van der Waals surface area contributed by atoms with Gasteiger partial charge in [0.1, 0.15) is 0 Å². The molecular weight excluding hydrogens is 355 g/mol. The molecule has 8 heteroatoms. The van der Waals surface area contributed by atoms with Crippen molar-refractivity contribution in [2.75, 3.05) is 5.32 Å². The van der Waals surface area contributed by atoms with Crippen molar-refractivity contribution >= 4 is 23.2 Å². The quantitative estimate of drug-likeness (QED) is 0.823. The molecule has 1 saturated carbocycles. The molecule has 0 radical (unpaired) electrons. The summed E-state index contributed by atoms with van der Waals surface area (Å²) in [5.74, 6) is -0.182. The van der Waals surface area contributed by atoms with Crippen molar-refractivity contribution < 1.29 is 18.0 Å². The van der Waals surface area contributed by atoms with Gasteiger partial charge in [-0.1, -0.05) is 17.7 Å². The summed E-state index contributed by atoms with van der Waals surface area (Å²) in [5.41, 5.74) is 1.10. The highest BCUT2D eigenvalue weighted by molar-refractivity contribution is 6.31. The molecular formula is C17H17ClF3N3O. The summed E-state index contributed by atoms with van der Waals surface area (Å²) in [7, 11) is 0. The number of carbonyl (C=O) groups is 1. The Morgan fingerprint density at radius 3 is 2.72 bits per heavy atom. The predicted octanol–water partition coefficient (Wildman–Crippen LogP) is 4.77. The van der Waals surface area contributed by atoms with E-state index in [1.165, 1.54) is 4.68 Å². The molecule has 1 heterocycles. The maximum atomic E-state index is 12.9. The second-order valence-corrected chi connectivity index (χ2v) is 6.64. The van der Waals surface area contributed by atoms with Crippen LogP contribution in [0.5, 0.6) is 0 Å². The number of halogens is 4. The smallest absolute Gasteiger partial charge is 0.326 e. The monoisotopic (exact) mass is 371 g/mol. The van der Waals surface area contributed by atoms with Crippen molar-refractivity contribution in [1.29, 1.82) is 0 Å². The number of benzene rings is 1. The van der Waals surface area contributed by atoms with Crippen molar-refractivity contribution in [2.24, 2.45) is 0 Å². The second kappa shape index (κ2) is 6.71. The molecule has 1 fully saturated rings. The first-order valence-electron chi connectivity index (χ1n) is 7.95. The van der Waals surface area contributed by atoms with Crippen LogP contribution in [0.3, 0.4) is 0 Å². The lowest BCUT2D eigenvalue weighted by molar-refractivity contribution is -0.141. The highest BCUT2D eigenvalue weighted by Gasteiger charge is 2.37. The van der Waals surface area contributed by atoms with Crippen LogP contribution in [0.25, 0.3) is 0 Å². The molecule has 1 aliphatic rings. The molecule has 0 unspecified atom stereocenters. The summed E-state index contributed by atoms with van der Waals surface area (Å²) >= 11 is 5.91. The third-order valence-corrected chi connectivity index (χ3v) is 4.36. The Labute approximate surface area is 148 Å². The fourth-order valence-corrected chi connectivity index (χ4v) is 2.78. The molecule has 0 saturated heterocycles. The Bertz CT molecular complexity index is 797. The standard InChI is InChI=1S/C17H17ClF3N3O/c1-10-2-5-12(18)8-13(10)22-16(25)6-7-24-14(11-3-4-11)9-15(23-24)17(19,20)21/h2,5,8-9,11H,3-4,6-7H2,1H3,(H,22,25). The zero-order chi connectivity index (χ0) is 18.2. The topological polar surface area (TPSA) is 46.9 Å². The Hall–Kier alpha value is -2.02. The molecule has 0 aliphatic heterocycles. The van der Waals surface area contributed by atoms with Crippen LogP contribution < -0.4 is 5.32 Å². The van der Waals surface area contributed by atoms with Gasteiger partial charge in [0, 0.05) is 35.3 Å². The van der Waals surface area contributed by atoms with Gasteiger partial charge in [0.05, 0.1) is 0 Å². The van der Waals surface area contributed by atoms with Crippen LogP contribution in [0, 0.1) is 6.92 Å². The number of aryl methyl sites for hydroxylation is 2. The molecule has 25 heavy (non-hydrogen) atoms. The molecule has 4 nitrogen and oxygen atoms in total. The van der Waals surface area contributed by atoms with Gasteiger partial charge in [0.15, 0.2) is 5.69 Å². The fraction of sp³-hybridized carbons (Fsp3) is 0.412. The van der Waals surface area contributed by atoms with E-state index >= 15 is 0 Å². The minimum Gasteiger partial charge on any atom is -0.326 e. The summed E-state index contributed by atoms with van der Waals surface area (Å²) in [6.07, 6.45) is -2.73. The van der Waals surface area contributed by atoms with Crippen LogP contribution in [0.15, 0.2) is 24.3 Å². The first-order chi connectivity index (χ1) is 11.7. The molecule has 1 N–H and O–H groups in total. The number of nitrogens with zero attached hydrogens (tertiary/aromatic N) is 2. The number of rotatable bonds is 5. The number of aromatic nitrogens is 2. The van der Waals surface area contributed by atoms with Gasteiger partial charge in [-0.05, 0) is 43.5 Å². The van der Waals surface area contributed by atoms with E-state index in [4.69, 9.17) is 11.6 Å². The number of amides is 1. The Balaban J connectivity index is 1.67. The minimum absolute atomic E-state index is 0.0324. The van der Waals surface area contributed by atoms with Crippen LogP contribution in [0.4, 0.5) is 18.9 Å². The number of hydrogen-bond acceptors (Lipinski definition) is 2. The molecule has 2 aromatic rings. The largest absolute Gasteiger partial charge is 0.435 e. The predicted molar refractivity (Wildman–Crippen MR) is 88.6 cm³/mol. The van der Waals surface area contributed by atoms with Gasteiger partial charge in [0.2, 0.25) is 5.91 Å². The number of carbonyl (C=O) groups excluding carboxylic acids is 1. The molecule has 0 atom stereocenters. The summed E-state index contributed by atoms with van der Waals surface area (Å²) in [6, 6.07) is 6.24. The SMILES string of the molecule is Cc1ccc(Cl)cc1NC(=O)CCn1nc(C(F)(F)F)cc1C1CC1. The third-order valence-electron chi connectivity index (χ3n) is 4.12. The van der Waals surface area contributed by atoms with E-state index in [1.54, 1.807) is 18.2 Å². The van der Waals surface area contributed by atoms with Gasteiger partial charge in [-0.2, -0.15) is 18.3 Å². The van der Waals surface area contributed by atoms with Gasteiger partial charge in [-0.15, -0.1) is 0 Å². The summed E-state index contributed by atoms with van der Waals surface area (Å²) < 4.78 is 39.9. The van der Waals surface area contributed by atoms with Crippen molar-refractivity contribution in [1.82, 2.24) is 9.78 Å². The minimum atomic E-state index is -4.48. The van der Waals surface area contributed by atoms with Crippen molar-refractivity contribution in [2.45, 2.75) is 44.8 Å². The van der Waals surface area contributed by atoms with E-state index in [0.717, 1.165) is 24.5 Å². The summed E-state index contributed by atoms with van der Waals surface area (Å²) in [4.78, 5) is 12.1. The molecule has 0 bridgehead atoms. The summed E-state index contributed by atoms with van der Waals surface area (Å²) in [6.45, 7) is 1.94. The number of anilines is 1. The first-order valence-corrected chi connectivity index (χ1v) is 8.33. The van der Waals surface area contributed by atoms with Crippen LogP contribution >= 0.6 is 11.6 Å². The van der Waals surface area contributed by atoms with E-state index < -0.39 is 11.9 Å². The van der Waals surface area contributed by atoms with E-state index in [1.807, 2.05) is 6.92 Å². The Morgan fingerprint density at radius 1 is 1.36 bits per heavy atom. The Kier molecular flexibility index (Phi) is 4.77. The van der Waals surface area contributed by atoms with Crippen molar-refractivity contribution in [3.63, 3.8) is 0 Å². The van der Waals surface area contributed by atoms with Gasteiger partial charge >= 0.3 is 6.18 Å².